The fourth-order valence-corrected chi connectivity index (χ4v) is 3.04. The number of phenolic OH excluding ortho intramolecular Hbond substituents is 1. The van der Waals surface area contributed by atoms with Crippen molar-refractivity contribution in [2.24, 2.45) is 0 Å². The lowest BCUT2D eigenvalue weighted by Gasteiger charge is -2.02. The highest BCUT2D eigenvalue weighted by molar-refractivity contribution is 7.17. The number of nitrogens with one attached hydrogen (secondary N) is 1. The number of rotatable bonds is 5. The van der Waals surface area contributed by atoms with Crippen LogP contribution in [0.3, 0.4) is 0 Å². The summed E-state index contributed by atoms with van der Waals surface area (Å²) in [6, 6.07) is 12.5. The largest absolute Gasteiger partial charge is 0.508 e. The molecule has 0 spiro atoms. The molecule has 0 saturated heterocycles. The molecule has 3 aromatic rings. The van der Waals surface area contributed by atoms with Gasteiger partial charge in [-0.3, -0.25) is 14.7 Å². The maximum absolute atomic E-state index is 11.4. The number of thiophene rings is 1. The molecule has 2 aromatic heterocycles. The van der Waals surface area contributed by atoms with Crippen LogP contribution >= 0.6 is 11.3 Å². The highest BCUT2D eigenvalue weighted by Gasteiger charge is 2.11. The van der Waals surface area contributed by atoms with Gasteiger partial charge < -0.3 is 5.11 Å². The Morgan fingerprint density at radius 3 is 2.70 bits per heavy atom. The minimum atomic E-state index is -0.520. The first-order valence-corrected chi connectivity index (χ1v) is 7.83. The van der Waals surface area contributed by atoms with Gasteiger partial charge in [0.05, 0.1) is 9.75 Å². The van der Waals surface area contributed by atoms with Crippen molar-refractivity contribution in [3.63, 3.8) is 0 Å². The summed E-state index contributed by atoms with van der Waals surface area (Å²) >= 11 is 1.27. The van der Waals surface area contributed by atoms with E-state index in [1.165, 1.54) is 11.3 Å². The fraction of sp³-hybridized carbons (Fsp3) is 0.125. The Balaban J connectivity index is 1.67. The smallest absolute Gasteiger partial charge is 0.284 e. The van der Waals surface area contributed by atoms with Crippen LogP contribution in [0.25, 0.3) is 10.6 Å². The lowest BCUT2D eigenvalue weighted by atomic mass is 10.1. The van der Waals surface area contributed by atoms with Gasteiger partial charge in [0.15, 0.2) is 0 Å². The van der Waals surface area contributed by atoms with Crippen molar-refractivity contribution in [2.75, 3.05) is 0 Å². The summed E-state index contributed by atoms with van der Waals surface area (Å²) < 4.78 is 1.84. The van der Waals surface area contributed by atoms with E-state index in [1.807, 2.05) is 35.1 Å². The molecular weight excluding hydrogens is 314 g/mol. The van der Waals surface area contributed by atoms with Crippen LogP contribution in [-0.4, -0.2) is 26.0 Å². The van der Waals surface area contributed by atoms with Crippen molar-refractivity contribution in [2.45, 2.75) is 13.0 Å². The summed E-state index contributed by atoms with van der Waals surface area (Å²) in [5.74, 6) is -0.261. The maximum atomic E-state index is 11.4. The number of hydroxylamine groups is 1. The fourth-order valence-electron chi connectivity index (χ4n) is 2.18. The molecular formula is C16H15N3O3S. The summed E-state index contributed by atoms with van der Waals surface area (Å²) in [5, 5.41) is 22.4. The standard InChI is InChI=1S/C16H15N3O3S/c20-12-3-1-11(2-4-12)7-9-19-10-8-13(17-19)14-5-6-15(23-14)16(21)18-22/h1-6,8,10,20,22H,7,9H2,(H,18,21). The second kappa shape index (κ2) is 6.64. The van der Waals surface area contributed by atoms with Gasteiger partial charge in [-0.05, 0) is 42.3 Å². The molecule has 0 bridgehead atoms. The molecule has 0 aliphatic rings. The van der Waals surface area contributed by atoms with Crippen LogP contribution in [0.15, 0.2) is 48.7 Å². The monoisotopic (exact) mass is 329 g/mol. The van der Waals surface area contributed by atoms with Gasteiger partial charge in [-0.15, -0.1) is 11.3 Å². The first kappa shape index (κ1) is 15.3. The molecule has 2 heterocycles. The van der Waals surface area contributed by atoms with Crippen molar-refractivity contribution >= 4 is 17.2 Å². The van der Waals surface area contributed by atoms with Crippen molar-refractivity contribution in [1.29, 1.82) is 0 Å². The van der Waals surface area contributed by atoms with Crippen LogP contribution in [0.1, 0.15) is 15.2 Å². The number of hydrogen-bond acceptors (Lipinski definition) is 5. The Kier molecular flexibility index (Phi) is 4.40. The van der Waals surface area contributed by atoms with Crippen LogP contribution in [-0.2, 0) is 13.0 Å². The van der Waals surface area contributed by atoms with Crippen molar-refractivity contribution in [3.05, 3.63) is 59.1 Å². The Hall–Kier alpha value is -2.64. The molecule has 3 rings (SSSR count). The predicted octanol–water partition coefficient (Wildman–Crippen LogP) is 2.68. The molecule has 0 aliphatic carbocycles. The molecule has 0 aliphatic heterocycles. The predicted molar refractivity (Wildman–Crippen MR) is 86.6 cm³/mol. The first-order valence-electron chi connectivity index (χ1n) is 7.02. The van der Waals surface area contributed by atoms with Crippen molar-refractivity contribution < 1.29 is 15.1 Å². The number of phenols is 1. The van der Waals surface area contributed by atoms with Gasteiger partial charge in [0.2, 0.25) is 0 Å². The number of carbonyl (C=O) groups excluding carboxylic acids is 1. The van der Waals surface area contributed by atoms with E-state index in [2.05, 4.69) is 5.10 Å². The van der Waals surface area contributed by atoms with Gasteiger partial charge in [0.25, 0.3) is 5.91 Å². The van der Waals surface area contributed by atoms with Gasteiger partial charge >= 0.3 is 0 Å². The lowest BCUT2D eigenvalue weighted by molar-refractivity contribution is 0.0711. The zero-order valence-corrected chi connectivity index (χ0v) is 13.0. The second-order valence-electron chi connectivity index (χ2n) is 4.99. The van der Waals surface area contributed by atoms with Crippen molar-refractivity contribution in [3.8, 4) is 16.3 Å². The summed E-state index contributed by atoms with van der Waals surface area (Å²) in [6.07, 6.45) is 2.70. The molecule has 0 saturated carbocycles. The normalized spacial score (nSPS) is 10.7. The van der Waals surface area contributed by atoms with E-state index in [9.17, 15) is 9.90 Å². The SMILES string of the molecule is O=C(NO)c1ccc(-c2ccn(CCc3ccc(O)cc3)n2)s1. The molecule has 0 fully saturated rings. The molecule has 23 heavy (non-hydrogen) atoms. The van der Waals surface area contributed by atoms with E-state index in [-0.39, 0.29) is 5.75 Å². The van der Waals surface area contributed by atoms with Gasteiger partial charge in [-0.2, -0.15) is 5.10 Å². The Labute approximate surface area is 136 Å². The number of hydrogen-bond donors (Lipinski definition) is 3. The highest BCUT2D eigenvalue weighted by atomic mass is 32.1. The molecule has 3 N–H and O–H groups in total. The quantitative estimate of drug-likeness (QED) is 0.496. The van der Waals surface area contributed by atoms with Crippen LogP contribution in [0.5, 0.6) is 5.75 Å². The number of aromatic hydroxyl groups is 1. The van der Waals surface area contributed by atoms with Crippen LogP contribution < -0.4 is 5.48 Å². The molecule has 1 amide bonds. The third-order valence-corrected chi connectivity index (χ3v) is 4.50. The van der Waals surface area contributed by atoms with E-state index in [0.29, 0.717) is 4.88 Å². The molecule has 0 radical (unpaired) electrons. The number of aryl methyl sites for hydroxylation is 2. The Morgan fingerprint density at radius 2 is 1.96 bits per heavy atom. The Bertz CT molecular complexity index is 808. The molecule has 7 heteroatoms. The van der Waals surface area contributed by atoms with Gasteiger partial charge in [-0.25, -0.2) is 5.48 Å². The summed E-state index contributed by atoms with van der Waals surface area (Å²) in [5.41, 5.74) is 3.53. The Morgan fingerprint density at radius 1 is 1.17 bits per heavy atom. The first-order chi connectivity index (χ1) is 11.2. The minimum absolute atomic E-state index is 0.260. The molecule has 0 unspecified atom stereocenters. The molecule has 0 atom stereocenters. The van der Waals surface area contributed by atoms with Gasteiger partial charge in [0, 0.05) is 12.7 Å². The molecule has 118 valence electrons. The van der Waals surface area contributed by atoms with Gasteiger partial charge in [-0.1, -0.05) is 12.1 Å². The molecule has 1 aromatic carbocycles. The van der Waals surface area contributed by atoms with E-state index in [4.69, 9.17) is 5.21 Å². The zero-order valence-electron chi connectivity index (χ0n) is 12.1. The number of aromatic nitrogens is 2. The minimum Gasteiger partial charge on any atom is -0.508 e. The number of carbonyl (C=O) groups is 1. The third-order valence-electron chi connectivity index (χ3n) is 3.39. The van der Waals surface area contributed by atoms with E-state index < -0.39 is 5.91 Å². The summed E-state index contributed by atoms with van der Waals surface area (Å²) in [6.45, 7) is 0.722. The number of amides is 1. The van der Waals surface area contributed by atoms with Crippen molar-refractivity contribution in [1.82, 2.24) is 15.3 Å². The number of nitrogens with zero attached hydrogens (tertiary/aromatic N) is 2. The maximum Gasteiger partial charge on any atom is 0.284 e. The summed E-state index contributed by atoms with van der Waals surface area (Å²) in [7, 11) is 0. The van der Waals surface area contributed by atoms with Crippen LogP contribution in [0.2, 0.25) is 0 Å². The van der Waals surface area contributed by atoms with E-state index >= 15 is 0 Å². The lowest BCUT2D eigenvalue weighted by Crippen LogP contribution is -2.16. The van der Waals surface area contributed by atoms with Crippen LogP contribution in [0, 0.1) is 0 Å². The molecule has 6 nitrogen and oxygen atoms in total. The number of benzene rings is 1. The average Bonchev–Trinajstić information content (AvgIpc) is 3.22. The van der Waals surface area contributed by atoms with Gasteiger partial charge in [0.1, 0.15) is 11.4 Å². The van der Waals surface area contributed by atoms with Crippen LogP contribution in [0.4, 0.5) is 0 Å². The van der Waals surface area contributed by atoms with E-state index in [0.717, 1.165) is 29.1 Å². The average molecular weight is 329 g/mol. The van der Waals surface area contributed by atoms with E-state index in [1.54, 1.807) is 23.7 Å². The highest BCUT2D eigenvalue weighted by Crippen LogP contribution is 2.26. The summed E-state index contributed by atoms with van der Waals surface area (Å²) in [4.78, 5) is 12.7. The zero-order chi connectivity index (χ0) is 16.2. The topological polar surface area (TPSA) is 87.4 Å². The third kappa shape index (κ3) is 3.58. The second-order valence-corrected chi connectivity index (χ2v) is 6.07.